The number of hydrogen-bond acceptors (Lipinski definition) is 3. The molecule has 0 spiro atoms. The zero-order valence-electron chi connectivity index (χ0n) is 12.3. The van der Waals surface area contributed by atoms with Crippen LogP contribution in [-0.4, -0.2) is 21.3 Å². The SMILES string of the molecule is COc1ccc(-c2c(F)c(F)c(F)c(F)c2F)c(OC)c1OC. The monoisotopic (exact) mass is 334 g/mol. The van der Waals surface area contributed by atoms with E-state index < -0.39 is 34.6 Å². The molecular weight excluding hydrogens is 323 g/mol. The van der Waals surface area contributed by atoms with E-state index in [1.165, 1.54) is 20.3 Å². The van der Waals surface area contributed by atoms with Gasteiger partial charge in [-0.1, -0.05) is 0 Å². The lowest BCUT2D eigenvalue weighted by atomic mass is 10.0. The highest BCUT2D eigenvalue weighted by Gasteiger charge is 2.29. The van der Waals surface area contributed by atoms with Crippen LogP contribution in [0.25, 0.3) is 11.1 Å². The molecular formula is C15H11F5O3. The van der Waals surface area contributed by atoms with E-state index in [4.69, 9.17) is 14.2 Å². The summed E-state index contributed by atoms with van der Waals surface area (Å²) < 4.78 is 82.9. The first-order chi connectivity index (χ1) is 10.9. The highest BCUT2D eigenvalue weighted by Crippen LogP contribution is 2.46. The van der Waals surface area contributed by atoms with E-state index in [2.05, 4.69) is 0 Å². The van der Waals surface area contributed by atoms with E-state index in [9.17, 15) is 22.0 Å². The summed E-state index contributed by atoms with van der Waals surface area (Å²) in [6.07, 6.45) is 0. The molecule has 2 aromatic rings. The van der Waals surface area contributed by atoms with Crippen molar-refractivity contribution in [3.63, 3.8) is 0 Å². The third kappa shape index (κ3) is 2.54. The number of rotatable bonds is 4. The lowest BCUT2D eigenvalue weighted by Crippen LogP contribution is -2.05. The topological polar surface area (TPSA) is 27.7 Å². The number of halogens is 5. The van der Waals surface area contributed by atoms with Gasteiger partial charge in [0.2, 0.25) is 11.6 Å². The molecule has 0 bridgehead atoms. The lowest BCUT2D eigenvalue weighted by Gasteiger charge is -2.17. The maximum atomic E-state index is 14.0. The van der Waals surface area contributed by atoms with Crippen molar-refractivity contribution >= 4 is 0 Å². The first kappa shape index (κ1) is 16.9. The molecule has 0 heterocycles. The Balaban J connectivity index is 2.88. The molecule has 2 aromatic carbocycles. The second-order valence-electron chi connectivity index (χ2n) is 4.33. The summed E-state index contributed by atoms with van der Waals surface area (Å²) >= 11 is 0. The molecule has 0 aliphatic rings. The highest BCUT2D eigenvalue weighted by atomic mass is 19.2. The van der Waals surface area contributed by atoms with E-state index in [0.29, 0.717) is 0 Å². The molecule has 0 atom stereocenters. The van der Waals surface area contributed by atoms with Gasteiger partial charge in [0, 0.05) is 5.56 Å². The van der Waals surface area contributed by atoms with Gasteiger partial charge in [-0.2, -0.15) is 0 Å². The van der Waals surface area contributed by atoms with Gasteiger partial charge in [-0.3, -0.25) is 0 Å². The molecule has 0 N–H and O–H groups in total. The van der Waals surface area contributed by atoms with Crippen LogP contribution in [0.5, 0.6) is 17.2 Å². The van der Waals surface area contributed by atoms with Crippen molar-refractivity contribution in [2.45, 2.75) is 0 Å². The summed E-state index contributed by atoms with van der Waals surface area (Å²) in [5.41, 5.74) is -1.47. The van der Waals surface area contributed by atoms with Crippen LogP contribution >= 0.6 is 0 Å². The average molecular weight is 334 g/mol. The number of methoxy groups -OCH3 is 3. The second kappa shape index (κ2) is 6.31. The maximum absolute atomic E-state index is 14.0. The average Bonchev–Trinajstić information content (AvgIpc) is 2.57. The Morgan fingerprint density at radius 1 is 0.609 bits per heavy atom. The van der Waals surface area contributed by atoms with Gasteiger partial charge in [0.25, 0.3) is 0 Å². The molecule has 0 aliphatic heterocycles. The van der Waals surface area contributed by atoms with Crippen LogP contribution in [0.2, 0.25) is 0 Å². The van der Waals surface area contributed by atoms with Crippen LogP contribution in [0.4, 0.5) is 22.0 Å². The summed E-state index contributed by atoms with van der Waals surface area (Å²) in [6.45, 7) is 0. The molecule has 124 valence electrons. The van der Waals surface area contributed by atoms with Gasteiger partial charge in [0.05, 0.1) is 26.9 Å². The first-order valence-corrected chi connectivity index (χ1v) is 6.19. The minimum atomic E-state index is -2.23. The normalized spacial score (nSPS) is 10.6. The van der Waals surface area contributed by atoms with Gasteiger partial charge in [0.1, 0.15) is 0 Å². The van der Waals surface area contributed by atoms with Crippen LogP contribution in [-0.2, 0) is 0 Å². The minimum Gasteiger partial charge on any atom is -0.493 e. The van der Waals surface area contributed by atoms with Gasteiger partial charge < -0.3 is 14.2 Å². The largest absolute Gasteiger partial charge is 0.493 e. The molecule has 8 heteroatoms. The Bertz CT molecular complexity index is 733. The Morgan fingerprint density at radius 3 is 1.52 bits per heavy atom. The molecule has 3 nitrogen and oxygen atoms in total. The smallest absolute Gasteiger partial charge is 0.203 e. The highest BCUT2D eigenvalue weighted by molar-refractivity contribution is 5.77. The van der Waals surface area contributed by atoms with Crippen LogP contribution in [0.1, 0.15) is 0 Å². The van der Waals surface area contributed by atoms with Crippen molar-refractivity contribution in [2.75, 3.05) is 21.3 Å². The van der Waals surface area contributed by atoms with Crippen molar-refractivity contribution in [1.82, 2.24) is 0 Å². The molecule has 0 aromatic heterocycles. The molecule has 0 unspecified atom stereocenters. The van der Waals surface area contributed by atoms with E-state index in [1.807, 2.05) is 0 Å². The summed E-state index contributed by atoms with van der Waals surface area (Å²) in [7, 11) is 3.71. The van der Waals surface area contributed by atoms with Crippen LogP contribution in [0, 0.1) is 29.1 Å². The summed E-state index contributed by atoms with van der Waals surface area (Å²) in [5, 5.41) is 0. The molecule has 23 heavy (non-hydrogen) atoms. The fourth-order valence-corrected chi connectivity index (χ4v) is 2.14. The summed E-state index contributed by atoms with van der Waals surface area (Å²) in [6, 6.07) is 2.37. The standard InChI is InChI=1S/C15H11F5O3/c1-21-7-5-4-6(14(22-2)15(7)23-3)8-9(16)11(18)13(20)12(19)10(8)17/h4-5H,1-3H3. The van der Waals surface area contributed by atoms with Crippen molar-refractivity contribution in [3.05, 3.63) is 41.2 Å². The Labute approximate surface area is 128 Å². The molecule has 0 saturated heterocycles. The van der Waals surface area contributed by atoms with Crippen LogP contribution in [0.3, 0.4) is 0 Å². The molecule has 2 rings (SSSR count). The van der Waals surface area contributed by atoms with Crippen molar-refractivity contribution < 1.29 is 36.2 Å². The Hall–Kier alpha value is -2.51. The summed E-state index contributed by atoms with van der Waals surface area (Å²) in [4.78, 5) is 0. The minimum absolute atomic E-state index is 0.0450. The van der Waals surface area contributed by atoms with E-state index in [1.54, 1.807) is 0 Å². The molecule has 0 fully saturated rings. The van der Waals surface area contributed by atoms with E-state index in [-0.39, 0.29) is 22.8 Å². The number of hydrogen-bond donors (Lipinski definition) is 0. The molecule has 0 amide bonds. The maximum Gasteiger partial charge on any atom is 0.203 e. The van der Waals surface area contributed by atoms with Crippen molar-refractivity contribution in [3.8, 4) is 28.4 Å². The van der Waals surface area contributed by atoms with Gasteiger partial charge in [-0.25, -0.2) is 22.0 Å². The number of ether oxygens (including phenoxy) is 3. The van der Waals surface area contributed by atoms with Crippen LogP contribution in [0.15, 0.2) is 12.1 Å². The van der Waals surface area contributed by atoms with Gasteiger partial charge in [-0.15, -0.1) is 0 Å². The third-order valence-corrected chi connectivity index (χ3v) is 3.18. The second-order valence-corrected chi connectivity index (χ2v) is 4.33. The van der Waals surface area contributed by atoms with Gasteiger partial charge in [0.15, 0.2) is 34.8 Å². The summed E-state index contributed by atoms with van der Waals surface area (Å²) in [5.74, 6) is -10.4. The lowest BCUT2D eigenvalue weighted by molar-refractivity contribution is 0.324. The van der Waals surface area contributed by atoms with Crippen LogP contribution < -0.4 is 14.2 Å². The van der Waals surface area contributed by atoms with Gasteiger partial charge >= 0.3 is 0 Å². The van der Waals surface area contributed by atoms with Gasteiger partial charge in [-0.05, 0) is 12.1 Å². The van der Waals surface area contributed by atoms with E-state index >= 15 is 0 Å². The predicted octanol–water partition coefficient (Wildman–Crippen LogP) is 4.07. The quantitative estimate of drug-likeness (QED) is 0.479. The third-order valence-electron chi connectivity index (χ3n) is 3.18. The molecule has 0 saturated carbocycles. The number of benzene rings is 2. The van der Waals surface area contributed by atoms with Crippen molar-refractivity contribution in [1.29, 1.82) is 0 Å². The Kier molecular flexibility index (Phi) is 4.63. The first-order valence-electron chi connectivity index (χ1n) is 6.19. The van der Waals surface area contributed by atoms with E-state index in [0.717, 1.165) is 13.2 Å². The molecule has 0 radical (unpaired) electrons. The van der Waals surface area contributed by atoms with Crippen molar-refractivity contribution in [2.24, 2.45) is 0 Å². The zero-order chi connectivity index (χ0) is 17.3. The molecule has 0 aliphatic carbocycles. The zero-order valence-corrected chi connectivity index (χ0v) is 12.3. The Morgan fingerprint density at radius 2 is 1.09 bits per heavy atom. The predicted molar refractivity (Wildman–Crippen MR) is 71.3 cm³/mol. The fraction of sp³-hybridized carbons (Fsp3) is 0.200. The fourth-order valence-electron chi connectivity index (χ4n) is 2.14.